The molecule has 172 valence electrons. The molecule has 3 unspecified atom stereocenters. The highest BCUT2D eigenvalue weighted by Gasteiger charge is 2.54. The van der Waals surface area contributed by atoms with E-state index in [0.717, 1.165) is 53.2 Å². The van der Waals surface area contributed by atoms with Gasteiger partial charge in [-0.2, -0.15) is 0 Å². The van der Waals surface area contributed by atoms with Crippen LogP contribution in [0.2, 0.25) is 0 Å². The molecule has 2 aromatic rings. The Labute approximate surface area is 191 Å². The Morgan fingerprint density at radius 3 is 2.62 bits per heavy atom. The van der Waals surface area contributed by atoms with Crippen LogP contribution in [0.15, 0.2) is 36.4 Å². The second kappa shape index (κ2) is 8.80. The number of ether oxygens (including phenoxy) is 4. The summed E-state index contributed by atoms with van der Waals surface area (Å²) in [7, 11) is 3.29. The van der Waals surface area contributed by atoms with Crippen molar-refractivity contribution in [3.8, 4) is 17.2 Å². The molecule has 5 heteroatoms. The summed E-state index contributed by atoms with van der Waals surface area (Å²) in [6.07, 6.45) is 6.27. The summed E-state index contributed by atoms with van der Waals surface area (Å²) in [5, 5.41) is 10.7. The Hall–Kier alpha value is -2.50. The molecular weight excluding hydrogens is 404 g/mol. The van der Waals surface area contributed by atoms with E-state index in [1.165, 1.54) is 0 Å². The maximum Gasteiger partial charge on any atom is 0.188 e. The van der Waals surface area contributed by atoms with Gasteiger partial charge in [-0.25, -0.2) is 0 Å². The van der Waals surface area contributed by atoms with Gasteiger partial charge in [-0.15, -0.1) is 0 Å². The predicted molar refractivity (Wildman–Crippen MR) is 126 cm³/mol. The highest BCUT2D eigenvalue weighted by atomic mass is 16.7. The largest absolute Gasteiger partial charge is 0.493 e. The molecule has 1 saturated carbocycles. The second-order valence-corrected chi connectivity index (χ2v) is 9.72. The molecule has 2 aliphatic rings. The Morgan fingerprint density at radius 2 is 1.88 bits per heavy atom. The van der Waals surface area contributed by atoms with Gasteiger partial charge in [0.05, 0.1) is 13.2 Å². The quantitative estimate of drug-likeness (QED) is 0.487. The minimum atomic E-state index is -0.316. The summed E-state index contributed by atoms with van der Waals surface area (Å²) < 4.78 is 22.8. The molecule has 32 heavy (non-hydrogen) atoms. The standard InChI is InChI=1S/C27H34O5/c1-26(2)23-16-20-13-19(10-9-18-7-6-8-21(14-18)31-17-29-4)15-22(30-5)25(20)32-27(23,3)12-11-24(26)28/h6-10,13-15,23-24,28H,11-12,16-17H2,1-5H3. The highest BCUT2D eigenvalue weighted by Crippen LogP contribution is 2.54. The van der Waals surface area contributed by atoms with E-state index in [1.54, 1.807) is 14.2 Å². The minimum absolute atomic E-state index is 0.216. The van der Waals surface area contributed by atoms with E-state index in [2.05, 4.69) is 39.0 Å². The van der Waals surface area contributed by atoms with E-state index in [0.29, 0.717) is 0 Å². The van der Waals surface area contributed by atoms with Crippen LogP contribution >= 0.6 is 0 Å². The number of rotatable bonds is 6. The normalized spacial score (nSPS) is 26.2. The number of methoxy groups -OCH3 is 2. The molecule has 0 amide bonds. The third-order valence-corrected chi connectivity index (χ3v) is 7.21. The molecule has 1 heterocycles. The zero-order chi connectivity index (χ0) is 22.9. The minimum Gasteiger partial charge on any atom is -0.493 e. The van der Waals surface area contributed by atoms with Gasteiger partial charge in [0.25, 0.3) is 0 Å². The molecule has 0 aromatic heterocycles. The zero-order valence-corrected chi connectivity index (χ0v) is 19.7. The van der Waals surface area contributed by atoms with Crippen molar-refractivity contribution >= 4 is 12.2 Å². The first-order chi connectivity index (χ1) is 15.3. The third-order valence-electron chi connectivity index (χ3n) is 7.21. The number of benzene rings is 2. The molecule has 5 nitrogen and oxygen atoms in total. The van der Waals surface area contributed by atoms with Gasteiger partial charge in [-0.05, 0) is 72.6 Å². The fourth-order valence-corrected chi connectivity index (χ4v) is 5.27. The molecule has 2 aromatic carbocycles. The highest BCUT2D eigenvalue weighted by molar-refractivity contribution is 5.72. The fourth-order valence-electron chi connectivity index (χ4n) is 5.27. The topological polar surface area (TPSA) is 57.2 Å². The number of aliphatic hydroxyl groups is 1. The average Bonchev–Trinajstić information content (AvgIpc) is 2.78. The third kappa shape index (κ3) is 4.24. The first-order valence-electron chi connectivity index (χ1n) is 11.2. The monoisotopic (exact) mass is 438 g/mol. The first kappa shape index (κ1) is 22.7. The summed E-state index contributed by atoms with van der Waals surface area (Å²) in [5.41, 5.74) is 2.70. The van der Waals surface area contributed by atoms with Crippen LogP contribution in [-0.2, 0) is 11.2 Å². The number of hydrogen-bond donors (Lipinski definition) is 1. The van der Waals surface area contributed by atoms with Crippen molar-refractivity contribution in [2.75, 3.05) is 21.0 Å². The Kier molecular flexibility index (Phi) is 6.24. The van der Waals surface area contributed by atoms with Crippen LogP contribution in [0.3, 0.4) is 0 Å². The van der Waals surface area contributed by atoms with Crippen molar-refractivity contribution < 1.29 is 24.1 Å². The molecule has 1 N–H and O–H groups in total. The predicted octanol–water partition coefficient (Wildman–Crippen LogP) is 5.34. The summed E-state index contributed by atoms with van der Waals surface area (Å²) in [5.74, 6) is 2.58. The van der Waals surface area contributed by atoms with Crippen LogP contribution in [0, 0.1) is 11.3 Å². The molecule has 4 rings (SSSR count). The van der Waals surface area contributed by atoms with Gasteiger partial charge in [0, 0.05) is 13.0 Å². The lowest BCUT2D eigenvalue weighted by Crippen LogP contribution is -2.58. The zero-order valence-electron chi connectivity index (χ0n) is 19.7. The van der Waals surface area contributed by atoms with Crippen molar-refractivity contribution in [2.24, 2.45) is 11.3 Å². The van der Waals surface area contributed by atoms with Gasteiger partial charge in [-0.1, -0.05) is 38.1 Å². The van der Waals surface area contributed by atoms with Crippen LogP contribution in [0.1, 0.15) is 50.3 Å². The molecule has 0 bridgehead atoms. The number of hydrogen-bond acceptors (Lipinski definition) is 5. The van der Waals surface area contributed by atoms with E-state index < -0.39 is 0 Å². The van der Waals surface area contributed by atoms with Crippen molar-refractivity contribution in [2.45, 2.75) is 51.7 Å². The lowest BCUT2D eigenvalue weighted by Gasteiger charge is -2.55. The molecule has 0 saturated heterocycles. The summed E-state index contributed by atoms with van der Waals surface area (Å²) in [6, 6.07) is 12.1. The first-order valence-corrected chi connectivity index (χ1v) is 11.2. The summed E-state index contributed by atoms with van der Waals surface area (Å²) >= 11 is 0. The Balaban J connectivity index is 1.64. The Bertz CT molecular complexity index is 996. The van der Waals surface area contributed by atoms with Gasteiger partial charge in [0.2, 0.25) is 0 Å². The average molecular weight is 439 g/mol. The molecule has 1 fully saturated rings. The van der Waals surface area contributed by atoms with E-state index in [4.69, 9.17) is 18.9 Å². The van der Waals surface area contributed by atoms with Crippen molar-refractivity contribution in [1.82, 2.24) is 0 Å². The van der Waals surface area contributed by atoms with Gasteiger partial charge in [0.1, 0.15) is 11.4 Å². The maximum absolute atomic E-state index is 10.7. The maximum atomic E-state index is 10.7. The lowest BCUT2D eigenvalue weighted by molar-refractivity contribution is -0.138. The van der Waals surface area contributed by atoms with Crippen LogP contribution in [0.4, 0.5) is 0 Å². The molecule has 0 spiro atoms. The van der Waals surface area contributed by atoms with Gasteiger partial charge in [-0.3, -0.25) is 0 Å². The van der Waals surface area contributed by atoms with Crippen molar-refractivity contribution in [3.63, 3.8) is 0 Å². The Morgan fingerprint density at radius 1 is 1.09 bits per heavy atom. The SMILES string of the molecule is COCOc1cccc(C=Cc2cc3c(c(OC)c2)OC2(C)CCC(O)C(C)(C)C2C3)c1. The van der Waals surface area contributed by atoms with Crippen LogP contribution in [0.5, 0.6) is 17.2 Å². The second-order valence-electron chi connectivity index (χ2n) is 9.72. The molecule has 1 aliphatic heterocycles. The van der Waals surface area contributed by atoms with E-state index in [1.807, 2.05) is 30.3 Å². The van der Waals surface area contributed by atoms with Gasteiger partial charge >= 0.3 is 0 Å². The van der Waals surface area contributed by atoms with Crippen molar-refractivity contribution in [1.29, 1.82) is 0 Å². The van der Waals surface area contributed by atoms with Crippen LogP contribution in [0.25, 0.3) is 12.2 Å². The van der Waals surface area contributed by atoms with Gasteiger partial charge in [0.15, 0.2) is 18.3 Å². The lowest BCUT2D eigenvalue weighted by atomic mass is 9.57. The van der Waals surface area contributed by atoms with E-state index in [9.17, 15) is 5.11 Å². The van der Waals surface area contributed by atoms with E-state index in [-0.39, 0.29) is 29.8 Å². The molecule has 0 radical (unpaired) electrons. The van der Waals surface area contributed by atoms with Gasteiger partial charge < -0.3 is 24.1 Å². The van der Waals surface area contributed by atoms with Crippen molar-refractivity contribution in [3.05, 3.63) is 53.1 Å². The van der Waals surface area contributed by atoms with Crippen LogP contribution < -0.4 is 14.2 Å². The smallest absolute Gasteiger partial charge is 0.188 e. The summed E-state index contributed by atoms with van der Waals surface area (Å²) in [6.45, 7) is 6.72. The number of fused-ring (bicyclic) bond motifs is 2. The fraction of sp³-hybridized carbons (Fsp3) is 0.481. The molecular formula is C27H34O5. The number of aliphatic hydroxyl groups excluding tert-OH is 1. The van der Waals surface area contributed by atoms with Crippen LogP contribution in [-0.4, -0.2) is 37.8 Å². The summed E-state index contributed by atoms with van der Waals surface area (Å²) in [4.78, 5) is 0. The molecule has 1 aliphatic carbocycles. The van der Waals surface area contributed by atoms with E-state index >= 15 is 0 Å². The molecule has 3 atom stereocenters.